The molecule has 0 spiro atoms. The van der Waals surface area contributed by atoms with E-state index in [9.17, 15) is 4.79 Å². The molecule has 0 amide bonds. The van der Waals surface area contributed by atoms with E-state index in [1.165, 1.54) is 0 Å². The maximum absolute atomic E-state index is 10.6. The zero-order chi connectivity index (χ0) is 12.6. The van der Waals surface area contributed by atoms with E-state index in [0.717, 1.165) is 4.47 Å². The first-order chi connectivity index (χ1) is 7.99. The Morgan fingerprint density at radius 3 is 2.71 bits per heavy atom. The fourth-order valence-corrected chi connectivity index (χ4v) is 2.41. The average molecular weight is 363 g/mol. The van der Waals surface area contributed by atoms with Crippen LogP contribution in [0.2, 0.25) is 0 Å². The van der Waals surface area contributed by atoms with Gasteiger partial charge in [-0.15, -0.1) is 0 Å². The van der Waals surface area contributed by atoms with E-state index >= 15 is 0 Å². The van der Waals surface area contributed by atoms with Crippen LogP contribution >= 0.6 is 31.9 Å². The van der Waals surface area contributed by atoms with Crippen LogP contribution in [0.3, 0.4) is 0 Å². The van der Waals surface area contributed by atoms with Crippen molar-refractivity contribution in [1.82, 2.24) is 10.1 Å². The molecule has 0 aliphatic heterocycles. The Labute approximate surface area is 112 Å². The fourth-order valence-electron chi connectivity index (χ4n) is 1.18. The summed E-state index contributed by atoms with van der Waals surface area (Å²) in [5, 5.41) is 12.0. The second-order valence-electron chi connectivity index (χ2n) is 3.08. The van der Waals surface area contributed by atoms with E-state index in [0.29, 0.717) is 15.7 Å². The Balaban J connectivity index is 2.56. The summed E-state index contributed by atoms with van der Waals surface area (Å²) in [4.78, 5) is 14.4. The number of halogens is 2. The first-order valence-electron chi connectivity index (χ1n) is 4.31. The molecule has 0 unspecified atom stereocenters. The lowest BCUT2D eigenvalue weighted by Gasteiger charge is -2.04. The highest BCUT2D eigenvalue weighted by atomic mass is 79.9. The summed E-state index contributed by atoms with van der Waals surface area (Å²) in [6.45, 7) is 0. The number of carboxylic acids is 1. The molecule has 0 aliphatic carbocycles. The van der Waals surface area contributed by atoms with Gasteiger partial charge in [0, 0.05) is 8.95 Å². The molecule has 0 saturated heterocycles. The van der Waals surface area contributed by atoms with Crippen molar-refractivity contribution in [2.24, 2.45) is 0 Å². The number of benzene rings is 1. The molecule has 0 radical (unpaired) electrons. The zero-order valence-electron chi connectivity index (χ0n) is 8.15. The van der Waals surface area contributed by atoms with Crippen molar-refractivity contribution in [2.45, 2.75) is 0 Å². The van der Waals surface area contributed by atoms with Crippen molar-refractivity contribution >= 4 is 43.5 Å². The van der Waals surface area contributed by atoms with Gasteiger partial charge in [-0.2, -0.15) is 4.98 Å². The standard InChI is InChI=1S/C9H5Br2N3O3/c10-3-1-4(6(12)5(11)2-3)8-13-7(9(15)16)14-17-8/h1-2H,12H2,(H,15,16). The van der Waals surface area contributed by atoms with Gasteiger partial charge in [0.2, 0.25) is 0 Å². The van der Waals surface area contributed by atoms with Gasteiger partial charge in [-0.25, -0.2) is 4.79 Å². The van der Waals surface area contributed by atoms with Crippen LogP contribution in [-0.4, -0.2) is 21.2 Å². The van der Waals surface area contributed by atoms with E-state index < -0.39 is 11.8 Å². The van der Waals surface area contributed by atoms with Gasteiger partial charge in [0.05, 0.1) is 11.3 Å². The van der Waals surface area contributed by atoms with Crippen molar-refractivity contribution < 1.29 is 14.4 Å². The number of hydrogen-bond acceptors (Lipinski definition) is 5. The molecule has 17 heavy (non-hydrogen) atoms. The number of anilines is 1. The van der Waals surface area contributed by atoms with Crippen LogP contribution in [0.25, 0.3) is 11.5 Å². The van der Waals surface area contributed by atoms with Gasteiger partial charge >= 0.3 is 5.97 Å². The summed E-state index contributed by atoms with van der Waals surface area (Å²) >= 11 is 6.56. The van der Waals surface area contributed by atoms with Gasteiger partial charge in [-0.3, -0.25) is 0 Å². The maximum atomic E-state index is 10.6. The van der Waals surface area contributed by atoms with Crippen molar-refractivity contribution in [3.63, 3.8) is 0 Å². The Hall–Kier alpha value is -1.41. The molecule has 0 bridgehead atoms. The molecule has 1 heterocycles. The first kappa shape index (κ1) is 12.1. The monoisotopic (exact) mass is 361 g/mol. The summed E-state index contributed by atoms with van der Waals surface area (Å²) in [5.74, 6) is -1.61. The molecular weight excluding hydrogens is 358 g/mol. The predicted octanol–water partition coefficient (Wildman–Crippen LogP) is 2.54. The number of aromatic carboxylic acids is 1. The Morgan fingerprint density at radius 2 is 2.12 bits per heavy atom. The largest absolute Gasteiger partial charge is 0.475 e. The predicted molar refractivity (Wildman–Crippen MR) is 66.5 cm³/mol. The van der Waals surface area contributed by atoms with Crippen LogP contribution in [0.1, 0.15) is 10.6 Å². The minimum Gasteiger partial charge on any atom is -0.475 e. The number of hydrogen-bond donors (Lipinski definition) is 2. The van der Waals surface area contributed by atoms with E-state index in [-0.39, 0.29) is 5.89 Å². The summed E-state index contributed by atoms with van der Waals surface area (Å²) < 4.78 is 6.24. The number of nitrogens with two attached hydrogens (primary N) is 1. The number of rotatable bonds is 2. The molecule has 3 N–H and O–H groups in total. The smallest absolute Gasteiger partial charge is 0.377 e. The highest BCUT2D eigenvalue weighted by Gasteiger charge is 2.17. The third-order valence-electron chi connectivity index (χ3n) is 1.94. The molecule has 88 valence electrons. The average Bonchev–Trinajstić information content (AvgIpc) is 2.72. The topological polar surface area (TPSA) is 102 Å². The Kier molecular flexibility index (Phi) is 3.16. The number of carbonyl (C=O) groups is 1. The Morgan fingerprint density at radius 1 is 1.41 bits per heavy atom. The summed E-state index contributed by atoms with van der Waals surface area (Å²) in [7, 11) is 0. The van der Waals surface area contributed by atoms with E-state index in [4.69, 9.17) is 15.4 Å². The molecule has 0 fully saturated rings. The number of nitrogen functional groups attached to an aromatic ring is 1. The van der Waals surface area contributed by atoms with E-state index in [2.05, 4.69) is 42.0 Å². The number of carboxylic acid groups (broad SMARTS) is 1. The summed E-state index contributed by atoms with van der Waals surface area (Å²) in [6.07, 6.45) is 0. The quantitative estimate of drug-likeness (QED) is 0.796. The molecule has 0 atom stereocenters. The molecule has 2 aromatic rings. The number of aromatic nitrogens is 2. The van der Waals surface area contributed by atoms with Gasteiger partial charge < -0.3 is 15.4 Å². The summed E-state index contributed by atoms with van der Waals surface area (Å²) in [6, 6.07) is 3.42. The third-order valence-corrected chi connectivity index (χ3v) is 3.06. The second-order valence-corrected chi connectivity index (χ2v) is 4.85. The molecule has 1 aromatic heterocycles. The van der Waals surface area contributed by atoms with Gasteiger partial charge in [-0.1, -0.05) is 15.9 Å². The highest BCUT2D eigenvalue weighted by Crippen LogP contribution is 2.34. The molecule has 0 saturated carbocycles. The van der Waals surface area contributed by atoms with Crippen LogP contribution < -0.4 is 5.73 Å². The SMILES string of the molecule is Nc1c(Br)cc(Br)cc1-c1nc(C(=O)O)no1. The van der Waals surface area contributed by atoms with Crippen molar-refractivity contribution in [2.75, 3.05) is 5.73 Å². The van der Waals surface area contributed by atoms with Crippen molar-refractivity contribution in [3.8, 4) is 11.5 Å². The highest BCUT2D eigenvalue weighted by molar-refractivity contribution is 9.11. The number of nitrogens with zero attached hydrogens (tertiary/aromatic N) is 2. The molecular formula is C9H5Br2N3O3. The first-order valence-corrected chi connectivity index (χ1v) is 5.89. The lowest BCUT2D eigenvalue weighted by atomic mass is 10.2. The van der Waals surface area contributed by atoms with Crippen molar-refractivity contribution in [1.29, 1.82) is 0 Å². The lowest BCUT2D eigenvalue weighted by molar-refractivity contribution is 0.0680. The van der Waals surface area contributed by atoms with Crippen LogP contribution in [0.4, 0.5) is 5.69 Å². The molecule has 2 rings (SSSR count). The molecule has 1 aromatic carbocycles. The normalized spacial score (nSPS) is 10.5. The maximum Gasteiger partial charge on any atom is 0.377 e. The van der Waals surface area contributed by atoms with Crippen LogP contribution in [0.5, 0.6) is 0 Å². The van der Waals surface area contributed by atoms with E-state index in [1.807, 2.05) is 0 Å². The van der Waals surface area contributed by atoms with Gasteiger partial charge in [0.1, 0.15) is 0 Å². The minimum atomic E-state index is -1.26. The zero-order valence-corrected chi connectivity index (χ0v) is 11.3. The Bertz CT molecular complexity index is 597. The minimum absolute atomic E-state index is 0.0573. The fraction of sp³-hybridized carbons (Fsp3) is 0. The van der Waals surface area contributed by atoms with Gasteiger partial charge in [0.25, 0.3) is 11.7 Å². The van der Waals surface area contributed by atoms with Crippen LogP contribution in [0, 0.1) is 0 Å². The van der Waals surface area contributed by atoms with Gasteiger partial charge in [0.15, 0.2) is 0 Å². The third kappa shape index (κ3) is 2.32. The van der Waals surface area contributed by atoms with Crippen LogP contribution in [0.15, 0.2) is 25.6 Å². The molecule has 0 aliphatic rings. The lowest BCUT2D eigenvalue weighted by Crippen LogP contribution is -1.98. The molecule has 6 nitrogen and oxygen atoms in total. The summed E-state index contributed by atoms with van der Waals surface area (Å²) in [5.41, 5.74) is 6.69. The van der Waals surface area contributed by atoms with Crippen LogP contribution in [-0.2, 0) is 0 Å². The second kappa shape index (κ2) is 4.46. The van der Waals surface area contributed by atoms with Gasteiger partial charge in [-0.05, 0) is 33.2 Å². The van der Waals surface area contributed by atoms with Crippen molar-refractivity contribution in [3.05, 3.63) is 26.9 Å². The molecule has 8 heteroatoms. The van der Waals surface area contributed by atoms with E-state index in [1.54, 1.807) is 12.1 Å².